The summed E-state index contributed by atoms with van der Waals surface area (Å²) in [5.74, 6) is -0.792. The zero-order valence-corrected chi connectivity index (χ0v) is 15.3. The van der Waals surface area contributed by atoms with Gasteiger partial charge < -0.3 is 10.6 Å². The van der Waals surface area contributed by atoms with Gasteiger partial charge in [-0.3, -0.25) is 14.6 Å². The average molecular weight is 370 g/mol. The fraction of sp³-hybridized carbons (Fsp3) is 0.0909. The highest BCUT2D eigenvalue weighted by molar-refractivity contribution is 6.08. The Hall–Kier alpha value is -3.98. The minimum atomic E-state index is -0.446. The number of pyridine rings is 1. The number of aryl methyl sites for hydroxylation is 1. The summed E-state index contributed by atoms with van der Waals surface area (Å²) in [7, 11) is 0. The molecule has 0 aliphatic heterocycles. The zero-order chi connectivity index (χ0) is 19.9. The molecule has 0 saturated carbocycles. The van der Waals surface area contributed by atoms with Crippen molar-refractivity contribution in [3.8, 4) is 6.07 Å². The lowest BCUT2D eigenvalue weighted by molar-refractivity contribution is 0.102. The van der Waals surface area contributed by atoms with Crippen LogP contribution < -0.4 is 10.6 Å². The second-order valence-corrected chi connectivity index (χ2v) is 6.04. The molecule has 0 fully saturated rings. The van der Waals surface area contributed by atoms with Gasteiger partial charge in [0.2, 0.25) is 0 Å². The van der Waals surface area contributed by atoms with Crippen molar-refractivity contribution < 1.29 is 9.59 Å². The molecule has 6 heteroatoms. The van der Waals surface area contributed by atoms with E-state index in [1.54, 1.807) is 24.3 Å². The van der Waals surface area contributed by atoms with Crippen LogP contribution in [0, 0.1) is 11.3 Å². The number of benzene rings is 2. The second-order valence-electron chi connectivity index (χ2n) is 6.04. The van der Waals surface area contributed by atoms with E-state index in [1.807, 2.05) is 37.3 Å². The van der Waals surface area contributed by atoms with E-state index < -0.39 is 5.91 Å². The molecule has 6 nitrogen and oxygen atoms in total. The van der Waals surface area contributed by atoms with Crippen LogP contribution in [0.3, 0.4) is 0 Å². The van der Waals surface area contributed by atoms with Crippen molar-refractivity contribution in [1.29, 1.82) is 5.26 Å². The van der Waals surface area contributed by atoms with Gasteiger partial charge in [0.05, 0.1) is 22.4 Å². The Bertz CT molecular complexity index is 1070. The molecule has 2 aromatic carbocycles. The van der Waals surface area contributed by atoms with Gasteiger partial charge in [-0.25, -0.2) is 0 Å². The van der Waals surface area contributed by atoms with E-state index in [4.69, 9.17) is 5.26 Å². The fourth-order valence-electron chi connectivity index (χ4n) is 2.72. The van der Waals surface area contributed by atoms with Crippen LogP contribution in [-0.2, 0) is 6.42 Å². The Labute approximate surface area is 162 Å². The molecule has 0 unspecified atom stereocenters. The number of amides is 2. The lowest BCUT2D eigenvalue weighted by Crippen LogP contribution is -2.17. The van der Waals surface area contributed by atoms with E-state index in [1.165, 1.54) is 18.5 Å². The molecule has 0 atom stereocenters. The van der Waals surface area contributed by atoms with Gasteiger partial charge in [0.25, 0.3) is 11.8 Å². The van der Waals surface area contributed by atoms with Crippen LogP contribution in [-0.4, -0.2) is 16.8 Å². The number of rotatable bonds is 5. The summed E-state index contributed by atoms with van der Waals surface area (Å²) in [6.45, 7) is 2.01. The quantitative estimate of drug-likeness (QED) is 0.709. The third kappa shape index (κ3) is 4.22. The number of nitrogens with zero attached hydrogens (tertiary/aromatic N) is 2. The zero-order valence-electron chi connectivity index (χ0n) is 15.3. The first-order chi connectivity index (χ1) is 13.6. The van der Waals surface area contributed by atoms with E-state index in [2.05, 4.69) is 15.6 Å². The van der Waals surface area contributed by atoms with Gasteiger partial charge in [-0.05, 0) is 36.2 Å². The molecule has 0 aliphatic carbocycles. The summed E-state index contributed by atoms with van der Waals surface area (Å²) in [6.07, 6.45) is 3.57. The van der Waals surface area contributed by atoms with Crippen LogP contribution in [0.15, 0.2) is 67.0 Å². The largest absolute Gasteiger partial charge is 0.322 e. The van der Waals surface area contributed by atoms with Crippen LogP contribution in [0.1, 0.15) is 38.8 Å². The number of aromatic nitrogens is 1. The average Bonchev–Trinajstić information content (AvgIpc) is 2.74. The maximum absolute atomic E-state index is 12.6. The predicted octanol–water partition coefficient (Wildman–Crippen LogP) is 4.02. The van der Waals surface area contributed by atoms with Gasteiger partial charge in [-0.15, -0.1) is 0 Å². The van der Waals surface area contributed by atoms with Crippen LogP contribution in [0.4, 0.5) is 11.4 Å². The number of anilines is 2. The third-order valence-electron chi connectivity index (χ3n) is 4.20. The molecule has 0 saturated heterocycles. The molecule has 3 rings (SSSR count). The van der Waals surface area contributed by atoms with Crippen molar-refractivity contribution >= 4 is 23.2 Å². The van der Waals surface area contributed by atoms with Gasteiger partial charge >= 0.3 is 0 Å². The van der Waals surface area contributed by atoms with E-state index in [-0.39, 0.29) is 17.0 Å². The third-order valence-corrected chi connectivity index (χ3v) is 4.20. The summed E-state index contributed by atoms with van der Waals surface area (Å²) < 4.78 is 0. The number of nitrogens with one attached hydrogen (secondary N) is 2. The summed E-state index contributed by atoms with van der Waals surface area (Å²) in [5.41, 5.74) is 3.01. The molecule has 1 aromatic heterocycles. The number of nitriles is 1. The van der Waals surface area contributed by atoms with E-state index in [0.29, 0.717) is 11.3 Å². The molecule has 2 amide bonds. The smallest absolute Gasteiger partial charge is 0.257 e. The molecular formula is C22H18N4O2. The summed E-state index contributed by atoms with van der Waals surface area (Å²) in [6, 6.07) is 17.7. The van der Waals surface area contributed by atoms with Crippen molar-refractivity contribution in [2.45, 2.75) is 13.3 Å². The van der Waals surface area contributed by atoms with E-state index in [0.717, 1.165) is 17.7 Å². The summed E-state index contributed by atoms with van der Waals surface area (Å²) in [4.78, 5) is 29.1. The summed E-state index contributed by atoms with van der Waals surface area (Å²) in [5, 5.41) is 14.7. The monoisotopic (exact) mass is 370 g/mol. The van der Waals surface area contributed by atoms with Crippen molar-refractivity contribution in [3.63, 3.8) is 0 Å². The number of hydrogen-bond acceptors (Lipinski definition) is 4. The molecule has 28 heavy (non-hydrogen) atoms. The molecule has 1 heterocycles. The number of carbonyl (C=O) groups is 2. The van der Waals surface area contributed by atoms with Crippen LogP contribution in [0.2, 0.25) is 0 Å². The first-order valence-corrected chi connectivity index (χ1v) is 8.77. The molecule has 138 valence electrons. The van der Waals surface area contributed by atoms with Crippen molar-refractivity contribution in [3.05, 3.63) is 89.2 Å². The molecule has 0 spiro atoms. The van der Waals surface area contributed by atoms with Gasteiger partial charge in [0, 0.05) is 18.1 Å². The highest BCUT2D eigenvalue weighted by atomic mass is 16.2. The Morgan fingerprint density at radius 2 is 1.50 bits per heavy atom. The van der Waals surface area contributed by atoms with Gasteiger partial charge in [-0.1, -0.05) is 37.3 Å². The fourth-order valence-corrected chi connectivity index (χ4v) is 2.72. The molecule has 0 radical (unpaired) electrons. The highest BCUT2D eigenvalue weighted by Gasteiger charge is 2.14. The van der Waals surface area contributed by atoms with Gasteiger partial charge in [0.15, 0.2) is 0 Å². The minimum absolute atomic E-state index is 0.226. The lowest BCUT2D eigenvalue weighted by Gasteiger charge is -2.10. The topological polar surface area (TPSA) is 94.9 Å². The molecule has 3 aromatic rings. The summed E-state index contributed by atoms with van der Waals surface area (Å²) >= 11 is 0. The predicted molar refractivity (Wildman–Crippen MR) is 107 cm³/mol. The second kappa shape index (κ2) is 8.60. The van der Waals surface area contributed by atoms with Crippen LogP contribution in [0.25, 0.3) is 0 Å². The SMILES string of the molecule is CCc1ccccc1NC(=O)c1cncc(C(=O)Nc2ccccc2C#N)c1. The highest BCUT2D eigenvalue weighted by Crippen LogP contribution is 2.18. The Morgan fingerprint density at radius 3 is 2.14 bits per heavy atom. The lowest BCUT2D eigenvalue weighted by atomic mass is 10.1. The first kappa shape index (κ1) is 18.8. The first-order valence-electron chi connectivity index (χ1n) is 8.77. The van der Waals surface area contributed by atoms with Crippen molar-refractivity contribution in [2.24, 2.45) is 0 Å². The Morgan fingerprint density at radius 1 is 0.929 bits per heavy atom. The Balaban J connectivity index is 1.79. The van der Waals surface area contributed by atoms with Gasteiger partial charge in [0.1, 0.15) is 6.07 Å². The van der Waals surface area contributed by atoms with E-state index >= 15 is 0 Å². The minimum Gasteiger partial charge on any atom is -0.322 e. The number of carbonyl (C=O) groups excluding carboxylic acids is 2. The van der Waals surface area contributed by atoms with Crippen LogP contribution in [0.5, 0.6) is 0 Å². The number of para-hydroxylation sites is 2. The van der Waals surface area contributed by atoms with Crippen molar-refractivity contribution in [1.82, 2.24) is 4.98 Å². The molecular weight excluding hydrogens is 352 g/mol. The molecule has 2 N–H and O–H groups in total. The van der Waals surface area contributed by atoms with Crippen LogP contribution >= 0.6 is 0 Å². The maximum Gasteiger partial charge on any atom is 0.257 e. The van der Waals surface area contributed by atoms with Gasteiger partial charge in [-0.2, -0.15) is 5.26 Å². The molecule has 0 aliphatic rings. The van der Waals surface area contributed by atoms with Crippen molar-refractivity contribution in [2.75, 3.05) is 10.6 Å². The normalized spacial score (nSPS) is 10.0. The standard InChI is InChI=1S/C22H18N4O2/c1-2-15-7-3-5-9-19(15)25-21(27)17-11-18(14-24-13-17)22(28)26-20-10-6-4-8-16(20)12-23/h3-11,13-14H,2H2,1H3,(H,25,27)(H,26,28). The maximum atomic E-state index is 12.6. The van der Waals surface area contributed by atoms with E-state index in [9.17, 15) is 9.59 Å². The Kier molecular flexibility index (Phi) is 5.78. The molecule has 0 bridgehead atoms. The number of hydrogen-bond donors (Lipinski definition) is 2.